The highest BCUT2D eigenvalue weighted by atomic mass is 32.1. The number of esters is 1. The molecule has 2 fully saturated rings. The first-order valence-corrected chi connectivity index (χ1v) is 6.11. The van der Waals surface area contributed by atoms with E-state index in [1.807, 2.05) is 4.90 Å². The molecule has 0 radical (unpaired) electrons. The largest absolute Gasteiger partial charge is 0.467 e. The quantitative estimate of drug-likeness (QED) is 0.534. The molecular formula is C11H17NO3S. The molecule has 2 aliphatic heterocycles. The van der Waals surface area contributed by atoms with Crippen LogP contribution in [0, 0.1) is 5.92 Å². The van der Waals surface area contributed by atoms with E-state index in [0.29, 0.717) is 12.5 Å². The minimum atomic E-state index is -0.168. The first kappa shape index (κ1) is 11.8. The van der Waals surface area contributed by atoms with Crippen LogP contribution in [-0.2, 0) is 14.3 Å². The molecule has 90 valence electrons. The van der Waals surface area contributed by atoms with Crippen LogP contribution in [-0.4, -0.2) is 48.8 Å². The van der Waals surface area contributed by atoms with Gasteiger partial charge in [-0.25, -0.2) is 4.79 Å². The molecule has 2 rings (SSSR count). The van der Waals surface area contributed by atoms with Crippen molar-refractivity contribution in [2.75, 3.05) is 26.9 Å². The first-order valence-electron chi connectivity index (χ1n) is 5.70. The number of ether oxygens (including phenoxy) is 2. The van der Waals surface area contributed by atoms with E-state index in [1.165, 1.54) is 7.11 Å². The minimum Gasteiger partial charge on any atom is -0.467 e. The lowest BCUT2D eigenvalue weighted by Crippen LogP contribution is -2.43. The summed E-state index contributed by atoms with van der Waals surface area (Å²) in [6, 6.07) is -0.168. The normalized spacial score (nSPS) is 29.4. The van der Waals surface area contributed by atoms with Crippen molar-refractivity contribution in [2.24, 2.45) is 5.92 Å². The molecule has 2 atom stereocenters. The number of methoxy groups -OCH3 is 1. The summed E-state index contributed by atoms with van der Waals surface area (Å²) in [5.41, 5.74) is 0. The van der Waals surface area contributed by atoms with Gasteiger partial charge in [0.2, 0.25) is 0 Å². The smallest absolute Gasteiger partial charge is 0.328 e. The standard InChI is InChI=1S/C11H17NO3S/c1-14-11(13)9-3-2-5-12(9)10(16)8-4-6-15-7-8/h8-9H,2-7H2,1H3/t8?,9-/m0/s1. The van der Waals surface area contributed by atoms with Crippen molar-refractivity contribution < 1.29 is 14.3 Å². The Kier molecular flexibility index (Phi) is 3.76. The van der Waals surface area contributed by atoms with Gasteiger partial charge in [-0.05, 0) is 19.3 Å². The van der Waals surface area contributed by atoms with Crippen LogP contribution in [0.25, 0.3) is 0 Å². The molecule has 2 aliphatic rings. The van der Waals surface area contributed by atoms with Crippen molar-refractivity contribution in [1.82, 2.24) is 4.90 Å². The van der Waals surface area contributed by atoms with Crippen LogP contribution in [0.15, 0.2) is 0 Å². The van der Waals surface area contributed by atoms with Crippen LogP contribution in [0.4, 0.5) is 0 Å². The van der Waals surface area contributed by atoms with Crippen molar-refractivity contribution in [2.45, 2.75) is 25.3 Å². The lowest BCUT2D eigenvalue weighted by Gasteiger charge is -2.27. The number of hydrogen-bond donors (Lipinski definition) is 0. The number of rotatable bonds is 2. The van der Waals surface area contributed by atoms with Crippen molar-refractivity contribution in [3.8, 4) is 0 Å². The summed E-state index contributed by atoms with van der Waals surface area (Å²) in [5, 5.41) is 0. The molecule has 5 heteroatoms. The van der Waals surface area contributed by atoms with E-state index >= 15 is 0 Å². The van der Waals surface area contributed by atoms with E-state index in [9.17, 15) is 4.79 Å². The Morgan fingerprint density at radius 2 is 2.31 bits per heavy atom. The maximum absolute atomic E-state index is 11.6. The lowest BCUT2D eigenvalue weighted by molar-refractivity contribution is -0.144. The summed E-state index contributed by atoms with van der Waals surface area (Å²) >= 11 is 5.46. The molecule has 2 saturated heterocycles. The zero-order valence-electron chi connectivity index (χ0n) is 9.48. The van der Waals surface area contributed by atoms with Crippen LogP contribution in [0.5, 0.6) is 0 Å². The Morgan fingerprint density at radius 3 is 2.94 bits per heavy atom. The van der Waals surface area contributed by atoms with Crippen molar-refractivity contribution >= 4 is 23.2 Å². The van der Waals surface area contributed by atoms with Crippen LogP contribution < -0.4 is 0 Å². The van der Waals surface area contributed by atoms with Crippen molar-refractivity contribution in [1.29, 1.82) is 0 Å². The van der Waals surface area contributed by atoms with Gasteiger partial charge in [0.05, 0.1) is 18.7 Å². The van der Waals surface area contributed by atoms with E-state index < -0.39 is 0 Å². The highest BCUT2D eigenvalue weighted by molar-refractivity contribution is 7.80. The predicted molar refractivity (Wildman–Crippen MR) is 63.3 cm³/mol. The van der Waals surface area contributed by atoms with Gasteiger partial charge < -0.3 is 14.4 Å². The second kappa shape index (κ2) is 5.10. The van der Waals surface area contributed by atoms with Gasteiger partial charge in [-0.15, -0.1) is 0 Å². The van der Waals surface area contributed by atoms with Crippen LogP contribution in [0.1, 0.15) is 19.3 Å². The zero-order chi connectivity index (χ0) is 11.5. The fourth-order valence-corrected chi connectivity index (χ4v) is 2.78. The Morgan fingerprint density at radius 1 is 1.50 bits per heavy atom. The average molecular weight is 243 g/mol. The molecule has 2 heterocycles. The van der Waals surface area contributed by atoms with Crippen molar-refractivity contribution in [3.05, 3.63) is 0 Å². The van der Waals surface area contributed by atoms with Crippen molar-refractivity contribution in [3.63, 3.8) is 0 Å². The van der Waals surface area contributed by atoms with Gasteiger partial charge >= 0.3 is 5.97 Å². The van der Waals surface area contributed by atoms with Gasteiger partial charge in [-0.3, -0.25) is 0 Å². The molecule has 4 nitrogen and oxygen atoms in total. The van der Waals surface area contributed by atoms with Gasteiger partial charge in [0.1, 0.15) is 6.04 Å². The molecule has 0 spiro atoms. The molecule has 0 aromatic carbocycles. The third-order valence-electron chi connectivity index (χ3n) is 3.29. The molecule has 0 N–H and O–H groups in total. The Bertz CT molecular complexity index is 289. The summed E-state index contributed by atoms with van der Waals surface area (Å²) in [5.74, 6) is 0.138. The third-order valence-corrected chi connectivity index (χ3v) is 3.86. The SMILES string of the molecule is COC(=O)[C@@H]1CCCN1C(=S)C1CCOC1. The fourth-order valence-electron chi connectivity index (χ4n) is 2.38. The van der Waals surface area contributed by atoms with Gasteiger partial charge in [0.15, 0.2) is 0 Å². The van der Waals surface area contributed by atoms with Crippen LogP contribution in [0.3, 0.4) is 0 Å². The summed E-state index contributed by atoms with van der Waals surface area (Å²) in [6.07, 6.45) is 2.83. The van der Waals surface area contributed by atoms with Crippen LogP contribution in [0.2, 0.25) is 0 Å². The van der Waals surface area contributed by atoms with E-state index in [-0.39, 0.29) is 12.0 Å². The Hall–Kier alpha value is -0.680. The maximum Gasteiger partial charge on any atom is 0.328 e. The van der Waals surface area contributed by atoms with E-state index in [1.54, 1.807) is 0 Å². The highest BCUT2D eigenvalue weighted by Gasteiger charge is 2.36. The predicted octanol–water partition coefficient (Wildman–Crippen LogP) is 0.988. The zero-order valence-corrected chi connectivity index (χ0v) is 10.3. The molecule has 16 heavy (non-hydrogen) atoms. The number of thiocarbonyl (C=S) groups is 1. The molecule has 0 aromatic heterocycles. The summed E-state index contributed by atoms with van der Waals surface area (Å²) in [7, 11) is 1.43. The fraction of sp³-hybridized carbons (Fsp3) is 0.818. The average Bonchev–Trinajstić information content (AvgIpc) is 2.97. The van der Waals surface area contributed by atoms with Gasteiger partial charge in [0, 0.05) is 19.1 Å². The molecule has 0 bridgehead atoms. The van der Waals surface area contributed by atoms with Gasteiger partial charge in [-0.2, -0.15) is 0 Å². The molecular weight excluding hydrogens is 226 g/mol. The second-order valence-electron chi connectivity index (χ2n) is 4.27. The molecule has 0 saturated carbocycles. The summed E-state index contributed by atoms with van der Waals surface area (Å²) < 4.78 is 10.1. The minimum absolute atomic E-state index is 0.168. The Labute approximate surface area is 101 Å². The molecule has 0 aromatic rings. The van der Waals surface area contributed by atoms with Gasteiger partial charge in [-0.1, -0.05) is 12.2 Å². The number of carbonyl (C=O) groups is 1. The Balaban J connectivity index is 2.01. The molecule has 0 aliphatic carbocycles. The first-order chi connectivity index (χ1) is 7.74. The number of likely N-dealkylation sites (tertiary alicyclic amines) is 1. The van der Waals surface area contributed by atoms with Gasteiger partial charge in [0.25, 0.3) is 0 Å². The van der Waals surface area contributed by atoms with E-state index in [2.05, 4.69) is 0 Å². The molecule has 1 unspecified atom stereocenters. The summed E-state index contributed by atoms with van der Waals surface area (Å²) in [4.78, 5) is 14.5. The number of hydrogen-bond acceptors (Lipinski definition) is 4. The highest BCUT2D eigenvalue weighted by Crippen LogP contribution is 2.25. The number of carbonyl (C=O) groups excluding carboxylic acids is 1. The third kappa shape index (κ3) is 2.20. The van der Waals surface area contributed by atoms with E-state index in [0.717, 1.165) is 37.4 Å². The summed E-state index contributed by atoms with van der Waals surface area (Å²) in [6.45, 7) is 2.35. The molecule has 0 amide bonds. The second-order valence-corrected chi connectivity index (χ2v) is 4.69. The number of nitrogens with zero attached hydrogens (tertiary/aromatic N) is 1. The monoisotopic (exact) mass is 243 g/mol. The lowest BCUT2D eigenvalue weighted by atomic mass is 10.1. The van der Waals surface area contributed by atoms with E-state index in [4.69, 9.17) is 21.7 Å². The topological polar surface area (TPSA) is 38.8 Å². The maximum atomic E-state index is 11.6. The van der Waals surface area contributed by atoms with Crippen LogP contribution >= 0.6 is 12.2 Å².